The second-order valence-corrected chi connectivity index (χ2v) is 3.82. The van der Waals surface area contributed by atoms with Crippen molar-refractivity contribution >= 4 is 5.97 Å². The number of rotatable bonds is 6. The van der Waals surface area contributed by atoms with E-state index in [9.17, 15) is 4.79 Å². The molecule has 5 nitrogen and oxygen atoms in total. The van der Waals surface area contributed by atoms with Crippen LogP contribution < -0.4 is 0 Å². The molecule has 0 saturated heterocycles. The molecule has 0 aromatic carbocycles. The van der Waals surface area contributed by atoms with Gasteiger partial charge in [-0.25, -0.2) is 0 Å². The lowest BCUT2D eigenvalue weighted by atomic mass is 10.2. The van der Waals surface area contributed by atoms with Crippen molar-refractivity contribution < 1.29 is 14.4 Å². The Hall–Kier alpha value is -1.36. The molecule has 0 spiro atoms. The number of aromatic nitrogens is 1. The Morgan fingerprint density at radius 2 is 2.19 bits per heavy atom. The number of carboxylic acid groups (broad SMARTS) is 1. The summed E-state index contributed by atoms with van der Waals surface area (Å²) in [4.78, 5) is 12.6. The van der Waals surface area contributed by atoms with E-state index in [-0.39, 0.29) is 6.42 Å². The summed E-state index contributed by atoms with van der Waals surface area (Å²) in [5, 5.41) is 12.5. The van der Waals surface area contributed by atoms with E-state index in [4.69, 9.17) is 9.63 Å². The van der Waals surface area contributed by atoms with E-state index in [0.717, 1.165) is 23.6 Å². The highest BCUT2D eigenvalue weighted by molar-refractivity contribution is 5.66. The van der Waals surface area contributed by atoms with Gasteiger partial charge in [0, 0.05) is 18.7 Å². The molecular formula is C11H18N2O3. The van der Waals surface area contributed by atoms with Crippen LogP contribution in [0.3, 0.4) is 0 Å². The van der Waals surface area contributed by atoms with Gasteiger partial charge in [0.1, 0.15) is 5.76 Å². The second-order valence-electron chi connectivity index (χ2n) is 3.82. The summed E-state index contributed by atoms with van der Waals surface area (Å²) in [7, 11) is 0. The average Bonchev–Trinajstić information content (AvgIpc) is 2.54. The third kappa shape index (κ3) is 3.34. The van der Waals surface area contributed by atoms with E-state index in [1.165, 1.54) is 0 Å². The number of hydrogen-bond donors (Lipinski definition) is 1. The lowest BCUT2D eigenvalue weighted by Gasteiger charge is -2.18. The van der Waals surface area contributed by atoms with Gasteiger partial charge in [0.25, 0.3) is 0 Å². The van der Waals surface area contributed by atoms with Crippen LogP contribution in [0.1, 0.15) is 30.4 Å². The normalized spacial score (nSPS) is 11.0. The van der Waals surface area contributed by atoms with Crippen molar-refractivity contribution in [1.82, 2.24) is 10.1 Å². The zero-order valence-corrected chi connectivity index (χ0v) is 9.99. The Bertz CT molecular complexity index is 341. The molecular weight excluding hydrogens is 208 g/mol. The van der Waals surface area contributed by atoms with Crippen molar-refractivity contribution in [1.29, 1.82) is 0 Å². The maximum absolute atomic E-state index is 10.5. The summed E-state index contributed by atoms with van der Waals surface area (Å²) in [5.74, 6) is 0.0449. The molecule has 0 fully saturated rings. The largest absolute Gasteiger partial charge is 0.481 e. The van der Waals surface area contributed by atoms with Crippen LogP contribution in [-0.2, 0) is 11.3 Å². The van der Waals surface area contributed by atoms with Gasteiger partial charge in [0.15, 0.2) is 0 Å². The minimum atomic E-state index is -0.766. The fraction of sp³-hybridized carbons (Fsp3) is 0.636. The highest BCUT2D eigenvalue weighted by Gasteiger charge is 2.13. The van der Waals surface area contributed by atoms with Crippen LogP contribution in [0.25, 0.3) is 0 Å². The number of nitrogens with zero attached hydrogens (tertiary/aromatic N) is 2. The standard InChI is InChI=1S/C11H18N2O3/c1-4-13(6-5-11(14)15)7-10-8(2)12-16-9(10)3/h4-7H2,1-3H3,(H,14,15). The average molecular weight is 226 g/mol. The molecule has 1 rings (SSSR count). The smallest absolute Gasteiger partial charge is 0.304 e. The third-order valence-corrected chi connectivity index (χ3v) is 2.65. The van der Waals surface area contributed by atoms with Crippen LogP contribution in [0.2, 0.25) is 0 Å². The first kappa shape index (κ1) is 12.7. The second kappa shape index (κ2) is 5.65. The highest BCUT2D eigenvalue weighted by atomic mass is 16.5. The Morgan fingerprint density at radius 3 is 2.62 bits per heavy atom. The summed E-state index contributed by atoms with van der Waals surface area (Å²) < 4.78 is 5.07. The summed E-state index contributed by atoms with van der Waals surface area (Å²) in [6.07, 6.45) is 0.164. The molecule has 1 aromatic heterocycles. The molecule has 16 heavy (non-hydrogen) atoms. The third-order valence-electron chi connectivity index (χ3n) is 2.65. The molecule has 0 saturated carbocycles. The predicted molar refractivity (Wildman–Crippen MR) is 59.2 cm³/mol. The predicted octanol–water partition coefficient (Wildman–Crippen LogP) is 1.59. The molecule has 0 amide bonds. The van der Waals surface area contributed by atoms with Gasteiger partial charge in [-0.3, -0.25) is 9.69 Å². The Labute approximate surface area is 95.0 Å². The van der Waals surface area contributed by atoms with Crippen molar-refractivity contribution in [2.75, 3.05) is 13.1 Å². The Morgan fingerprint density at radius 1 is 1.50 bits per heavy atom. The zero-order chi connectivity index (χ0) is 12.1. The fourth-order valence-corrected chi connectivity index (χ4v) is 1.55. The van der Waals surface area contributed by atoms with E-state index in [0.29, 0.717) is 13.1 Å². The monoisotopic (exact) mass is 226 g/mol. The summed E-state index contributed by atoms with van der Waals surface area (Å²) in [6, 6.07) is 0. The minimum absolute atomic E-state index is 0.164. The quantitative estimate of drug-likeness (QED) is 0.797. The van der Waals surface area contributed by atoms with E-state index in [1.54, 1.807) is 0 Å². The molecule has 1 aromatic rings. The first-order chi connectivity index (χ1) is 7.54. The molecule has 5 heteroatoms. The molecule has 1 N–H and O–H groups in total. The maximum Gasteiger partial charge on any atom is 0.304 e. The molecule has 0 aliphatic carbocycles. The molecule has 0 bridgehead atoms. The fourth-order valence-electron chi connectivity index (χ4n) is 1.55. The number of aryl methyl sites for hydroxylation is 2. The topological polar surface area (TPSA) is 66.6 Å². The highest BCUT2D eigenvalue weighted by Crippen LogP contribution is 2.14. The van der Waals surface area contributed by atoms with Crippen molar-refractivity contribution in [2.24, 2.45) is 0 Å². The van der Waals surface area contributed by atoms with Gasteiger partial charge in [0.2, 0.25) is 0 Å². The molecule has 0 aliphatic rings. The van der Waals surface area contributed by atoms with Crippen LogP contribution in [0, 0.1) is 13.8 Å². The first-order valence-electron chi connectivity index (χ1n) is 5.40. The number of carbonyl (C=O) groups is 1. The summed E-state index contributed by atoms with van der Waals surface area (Å²) >= 11 is 0. The SMILES string of the molecule is CCN(CCC(=O)O)Cc1c(C)noc1C. The number of aliphatic carboxylic acids is 1. The van der Waals surface area contributed by atoms with Crippen molar-refractivity contribution in [2.45, 2.75) is 33.7 Å². The minimum Gasteiger partial charge on any atom is -0.481 e. The van der Waals surface area contributed by atoms with Gasteiger partial charge in [-0.15, -0.1) is 0 Å². The molecule has 0 radical (unpaired) electrons. The Balaban J connectivity index is 2.59. The lowest BCUT2D eigenvalue weighted by Crippen LogP contribution is -2.26. The van der Waals surface area contributed by atoms with Gasteiger partial charge >= 0.3 is 5.97 Å². The van der Waals surface area contributed by atoms with Crippen LogP contribution in [0.5, 0.6) is 0 Å². The maximum atomic E-state index is 10.5. The zero-order valence-electron chi connectivity index (χ0n) is 9.99. The lowest BCUT2D eigenvalue weighted by molar-refractivity contribution is -0.137. The van der Waals surface area contributed by atoms with Gasteiger partial charge in [-0.05, 0) is 20.4 Å². The van der Waals surface area contributed by atoms with Crippen LogP contribution in [0.15, 0.2) is 4.52 Å². The van der Waals surface area contributed by atoms with E-state index < -0.39 is 5.97 Å². The van der Waals surface area contributed by atoms with Gasteiger partial charge in [-0.2, -0.15) is 0 Å². The molecule has 1 heterocycles. The Kier molecular flexibility index (Phi) is 4.49. The van der Waals surface area contributed by atoms with E-state index in [1.807, 2.05) is 20.8 Å². The van der Waals surface area contributed by atoms with Gasteiger partial charge in [0.05, 0.1) is 12.1 Å². The van der Waals surface area contributed by atoms with Gasteiger partial charge < -0.3 is 9.63 Å². The van der Waals surface area contributed by atoms with E-state index in [2.05, 4.69) is 10.1 Å². The molecule has 90 valence electrons. The number of hydrogen-bond acceptors (Lipinski definition) is 4. The van der Waals surface area contributed by atoms with Crippen LogP contribution >= 0.6 is 0 Å². The van der Waals surface area contributed by atoms with Gasteiger partial charge in [-0.1, -0.05) is 12.1 Å². The molecule has 0 atom stereocenters. The molecule has 0 aliphatic heterocycles. The molecule has 0 unspecified atom stereocenters. The summed E-state index contributed by atoms with van der Waals surface area (Å²) in [6.45, 7) is 7.86. The van der Waals surface area contributed by atoms with Crippen LogP contribution in [-0.4, -0.2) is 34.2 Å². The van der Waals surface area contributed by atoms with Crippen molar-refractivity contribution in [3.8, 4) is 0 Å². The number of carboxylic acids is 1. The first-order valence-corrected chi connectivity index (χ1v) is 5.40. The van der Waals surface area contributed by atoms with Crippen LogP contribution in [0.4, 0.5) is 0 Å². The summed E-state index contributed by atoms with van der Waals surface area (Å²) in [5.41, 5.74) is 1.94. The van der Waals surface area contributed by atoms with Crippen molar-refractivity contribution in [3.63, 3.8) is 0 Å². The van der Waals surface area contributed by atoms with Crippen molar-refractivity contribution in [3.05, 3.63) is 17.0 Å². The van der Waals surface area contributed by atoms with E-state index >= 15 is 0 Å².